The number of carbonyl (C=O) groups is 2. The van der Waals surface area contributed by atoms with E-state index in [1.54, 1.807) is 0 Å². The second-order valence-corrected chi connectivity index (χ2v) is 6.80. The maximum absolute atomic E-state index is 12.7. The second-order valence-electron chi connectivity index (χ2n) is 6.80. The zero-order chi connectivity index (χ0) is 21.7. The molecule has 11 nitrogen and oxygen atoms in total. The van der Waals surface area contributed by atoms with Crippen molar-refractivity contribution in [2.45, 2.75) is 37.0 Å². The molecule has 0 bridgehead atoms. The van der Waals surface area contributed by atoms with Crippen LogP contribution < -0.4 is 16.7 Å². The lowest BCUT2D eigenvalue weighted by Gasteiger charge is -2.21. The van der Waals surface area contributed by atoms with Crippen LogP contribution in [0.2, 0.25) is 0 Å². The van der Waals surface area contributed by atoms with Gasteiger partial charge in [0.05, 0.1) is 6.04 Å². The molecule has 2 heterocycles. The van der Waals surface area contributed by atoms with Gasteiger partial charge >= 0.3 is 5.69 Å². The number of nitrogen functional groups attached to an aromatic ring is 1. The number of aliphatic hydroxyl groups is 2. The molecule has 0 aliphatic carbocycles. The first-order valence-corrected chi connectivity index (χ1v) is 9.16. The maximum atomic E-state index is 12.7. The summed E-state index contributed by atoms with van der Waals surface area (Å²) in [5.41, 5.74) is 5.54. The molecule has 5 atom stereocenters. The Balaban J connectivity index is 1.72. The summed E-state index contributed by atoms with van der Waals surface area (Å²) >= 11 is 0. The number of hydrogen-bond acceptors (Lipinski definition) is 9. The summed E-state index contributed by atoms with van der Waals surface area (Å²) in [7, 11) is 0. The van der Waals surface area contributed by atoms with Crippen LogP contribution in [0.4, 0.5) is 5.82 Å². The summed E-state index contributed by atoms with van der Waals surface area (Å²) in [6.45, 7) is 0.172. The number of nitrogens with two attached hydrogens (primary N) is 1. The first-order chi connectivity index (χ1) is 14.4. The van der Waals surface area contributed by atoms with Crippen LogP contribution in [0.5, 0.6) is 0 Å². The fraction of sp³-hybridized carbons (Fsp3) is 0.368. The van der Waals surface area contributed by atoms with Gasteiger partial charge in [-0.3, -0.25) is 14.2 Å². The van der Waals surface area contributed by atoms with Crippen LogP contribution in [0.25, 0.3) is 0 Å². The molecule has 1 aromatic heterocycles. The number of ether oxygens (including phenoxy) is 2. The molecule has 0 spiro atoms. The minimum absolute atomic E-state index is 0.0162. The van der Waals surface area contributed by atoms with E-state index >= 15 is 0 Å². The van der Waals surface area contributed by atoms with Gasteiger partial charge in [0.2, 0.25) is 0 Å². The molecule has 1 saturated heterocycles. The SMILES string of the molecule is Nc1ccn([C@@H]2O[C@H](C(=O)N[C@H](COC=O)Cc3ccccc3)[C@@H](O)[C@H]2O)c(=O)n1. The van der Waals surface area contributed by atoms with Gasteiger partial charge in [0.25, 0.3) is 12.4 Å². The first-order valence-electron chi connectivity index (χ1n) is 9.16. The summed E-state index contributed by atoms with van der Waals surface area (Å²) in [5.74, 6) is -0.742. The van der Waals surface area contributed by atoms with E-state index in [1.807, 2.05) is 30.3 Å². The van der Waals surface area contributed by atoms with Crippen molar-refractivity contribution >= 4 is 18.2 Å². The minimum atomic E-state index is -1.59. The van der Waals surface area contributed by atoms with Gasteiger partial charge in [0.1, 0.15) is 24.6 Å². The lowest BCUT2D eigenvalue weighted by atomic mass is 10.1. The molecule has 1 aliphatic heterocycles. The van der Waals surface area contributed by atoms with Crippen molar-refractivity contribution in [3.8, 4) is 0 Å². The minimum Gasteiger partial charge on any atom is -0.466 e. The largest absolute Gasteiger partial charge is 0.466 e. The molecule has 0 saturated carbocycles. The highest BCUT2D eigenvalue weighted by molar-refractivity contribution is 5.82. The Labute approximate surface area is 171 Å². The highest BCUT2D eigenvalue weighted by Gasteiger charge is 2.48. The fourth-order valence-corrected chi connectivity index (χ4v) is 3.21. The predicted octanol–water partition coefficient (Wildman–Crippen LogP) is -1.65. The molecule has 0 unspecified atom stereocenters. The van der Waals surface area contributed by atoms with Crippen LogP contribution in [0, 0.1) is 0 Å². The number of nitrogens with one attached hydrogen (secondary N) is 1. The summed E-state index contributed by atoms with van der Waals surface area (Å²) in [6, 6.07) is 9.93. The van der Waals surface area contributed by atoms with Gasteiger partial charge in [-0.05, 0) is 18.1 Å². The molecule has 1 amide bonds. The highest BCUT2D eigenvalue weighted by Crippen LogP contribution is 2.28. The molecule has 1 fully saturated rings. The standard InChI is InChI=1S/C19H22N4O7/c20-13-6-7-23(19(28)22-13)18-15(26)14(25)16(30-18)17(27)21-12(9-29-10-24)8-11-4-2-1-3-5-11/h1-7,10,12,14-16,18,25-26H,8-9H2,(H,21,27)(H2,20,22,28)/t12-,14-,15+,16-,18+/m0/s1. The zero-order valence-electron chi connectivity index (χ0n) is 15.8. The first kappa shape index (κ1) is 21.4. The van der Waals surface area contributed by atoms with E-state index in [-0.39, 0.29) is 18.9 Å². The summed E-state index contributed by atoms with van der Waals surface area (Å²) in [5, 5.41) is 23.2. The highest BCUT2D eigenvalue weighted by atomic mass is 16.6. The third-order valence-electron chi connectivity index (χ3n) is 4.66. The van der Waals surface area contributed by atoms with Crippen LogP contribution in [0.1, 0.15) is 11.8 Å². The molecular formula is C19H22N4O7. The van der Waals surface area contributed by atoms with Crippen LogP contribution >= 0.6 is 0 Å². The van der Waals surface area contributed by atoms with E-state index in [0.717, 1.165) is 10.1 Å². The summed E-state index contributed by atoms with van der Waals surface area (Å²) < 4.78 is 11.2. The van der Waals surface area contributed by atoms with Gasteiger partial charge in [0, 0.05) is 6.20 Å². The molecule has 1 aromatic carbocycles. The van der Waals surface area contributed by atoms with E-state index in [0.29, 0.717) is 6.42 Å². The van der Waals surface area contributed by atoms with Gasteiger partial charge in [-0.25, -0.2) is 4.79 Å². The Kier molecular flexibility index (Phi) is 6.77. The van der Waals surface area contributed by atoms with E-state index < -0.39 is 42.2 Å². The van der Waals surface area contributed by atoms with Crippen LogP contribution in [-0.4, -0.2) is 63.1 Å². The Hall–Kier alpha value is -3.28. The number of aliphatic hydroxyl groups excluding tert-OH is 2. The van der Waals surface area contributed by atoms with Crippen LogP contribution in [-0.2, 0) is 25.5 Å². The fourth-order valence-electron chi connectivity index (χ4n) is 3.21. The number of anilines is 1. The predicted molar refractivity (Wildman–Crippen MR) is 103 cm³/mol. The third-order valence-corrected chi connectivity index (χ3v) is 4.66. The van der Waals surface area contributed by atoms with Gasteiger partial charge in [-0.2, -0.15) is 4.98 Å². The molecule has 11 heteroatoms. The van der Waals surface area contributed by atoms with Crippen LogP contribution in [0.3, 0.4) is 0 Å². The molecular weight excluding hydrogens is 396 g/mol. The van der Waals surface area contributed by atoms with E-state index in [4.69, 9.17) is 15.2 Å². The van der Waals surface area contributed by atoms with E-state index in [2.05, 4.69) is 10.3 Å². The molecule has 160 valence electrons. The molecule has 1 aliphatic rings. The Morgan fingerprint density at radius 2 is 2.03 bits per heavy atom. The Morgan fingerprint density at radius 3 is 2.70 bits per heavy atom. The smallest absolute Gasteiger partial charge is 0.351 e. The molecule has 5 N–H and O–H groups in total. The number of benzene rings is 1. The lowest BCUT2D eigenvalue weighted by molar-refractivity contribution is -0.140. The Bertz CT molecular complexity index is 936. The Morgan fingerprint density at radius 1 is 1.30 bits per heavy atom. The quantitative estimate of drug-likeness (QED) is 0.367. The van der Waals surface area contributed by atoms with Crippen molar-refractivity contribution in [2.75, 3.05) is 12.3 Å². The average Bonchev–Trinajstić information content (AvgIpc) is 3.02. The molecule has 2 aromatic rings. The van der Waals surface area contributed by atoms with Gasteiger partial charge in [0.15, 0.2) is 12.3 Å². The number of carbonyl (C=O) groups excluding carboxylic acids is 2. The normalized spacial score (nSPS) is 24.2. The monoisotopic (exact) mass is 418 g/mol. The molecule has 0 radical (unpaired) electrons. The maximum Gasteiger partial charge on any atom is 0.351 e. The third kappa shape index (κ3) is 4.82. The topological polar surface area (TPSA) is 166 Å². The number of nitrogens with zero attached hydrogens (tertiary/aromatic N) is 2. The van der Waals surface area contributed by atoms with Crippen LogP contribution in [0.15, 0.2) is 47.4 Å². The van der Waals surface area contributed by atoms with E-state index in [9.17, 15) is 24.6 Å². The van der Waals surface area contributed by atoms with E-state index in [1.165, 1.54) is 12.3 Å². The number of hydrogen-bond donors (Lipinski definition) is 4. The second kappa shape index (κ2) is 9.48. The van der Waals surface area contributed by atoms with Crippen molar-refractivity contribution in [3.63, 3.8) is 0 Å². The number of amides is 1. The summed E-state index contributed by atoms with van der Waals surface area (Å²) in [4.78, 5) is 38.8. The zero-order valence-corrected chi connectivity index (χ0v) is 15.8. The number of aromatic nitrogens is 2. The molecule has 3 rings (SSSR count). The van der Waals surface area contributed by atoms with Gasteiger partial charge in [-0.1, -0.05) is 30.3 Å². The van der Waals surface area contributed by atoms with Crippen molar-refractivity contribution in [1.82, 2.24) is 14.9 Å². The lowest BCUT2D eigenvalue weighted by Crippen LogP contribution is -2.48. The van der Waals surface area contributed by atoms with Crippen molar-refractivity contribution < 1.29 is 29.3 Å². The van der Waals surface area contributed by atoms with Gasteiger partial charge in [-0.15, -0.1) is 0 Å². The number of rotatable bonds is 8. The van der Waals surface area contributed by atoms with Crippen molar-refractivity contribution in [1.29, 1.82) is 0 Å². The van der Waals surface area contributed by atoms with Crippen molar-refractivity contribution in [2.24, 2.45) is 0 Å². The summed E-state index contributed by atoms with van der Waals surface area (Å²) in [6.07, 6.45) is -4.32. The van der Waals surface area contributed by atoms with Crippen molar-refractivity contribution in [3.05, 3.63) is 58.6 Å². The molecule has 30 heavy (non-hydrogen) atoms. The van der Waals surface area contributed by atoms with Gasteiger partial charge < -0.3 is 30.7 Å². The average molecular weight is 418 g/mol.